The Kier molecular flexibility index (Phi) is 6.32. The first kappa shape index (κ1) is 21.0. The number of methoxy groups -OCH3 is 1. The number of hydrogen-bond donors (Lipinski definition) is 1. The highest BCUT2D eigenvalue weighted by molar-refractivity contribution is 7.91. The zero-order chi connectivity index (χ0) is 21.0. The lowest BCUT2D eigenvalue weighted by atomic mass is 10.0. The van der Waals surface area contributed by atoms with E-state index < -0.39 is 9.84 Å². The largest absolute Gasteiger partial charge is 0.495 e. The van der Waals surface area contributed by atoms with Crippen molar-refractivity contribution in [1.82, 2.24) is 0 Å². The van der Waals surface area contributed by atoms with E-state index in [0.717, 1.165) is 12.0 Å². The lowest BCUT2D eigenvalue weighted by Crippen LogP contribution is -2.22. The maximum atomic E-state index is 12.9. The van der Waals surface area contributed by atoms with Crippen molar-refractivity contribution in [3.8, 4) is 17.2 Å². The van der Waals surface area contributed by atoms with Gasteiger partial charge in [0.2, 0.25) is 0 Å². The Morgan fingerprint density at radius 2 is 2.00 bits per heavy atom. The highest BCUT2D eigenvalue weighted by atomic mass is 32.2. The topological polar surface area (TPSA) is 105 Å². The molecular formula is C21H25NO6S. The Morgan fingerprint density at radius 3 is 2.69 bits per heavy atom. The zero-order valence-corrected chi connectivity index (χ0v) is 17.4. The summed E-state index contributed by atoms with van der Waals surface area (Å²) >= 11 is 0. The molecule has 0 bridgehead atoms. The third-order valence-corrected chi connectivity index (χ3v) is 6.38. The van der Waals surface area contributed by atoms with Gasteiger partial charge in [0.05, 0.1) is 30.7 Å². The first-order valence-electron chi connectivity index (χ1n) is 9.47. The molecule has 29 heavy (non-hydrogen) atoms. The average Bonchev–Trinajstić information content (AvgIpc) is 2.70. The van der Waals surface area contributed by atoms with Crippen molar-refractivity contribution in [1.29, 1.82) is 0 Å². The molecule has 156 valence electrons. The number of sulfone groups is 1. The third kappa shape index (κ3) is 4.64. The van der Waals surface area contributed by atoms with Gasteiger partial charge in [-0.05, 0) is 36.6 Å². The number of anilines is 1. The van der Waals surface area contributed by atoms with Crippen LogP contribution in [0.2, 0.25) is 0 Å². The smallest absolute Gasteiger partial charge is 0.185 e. The molecule has 8 heteroatoms. The number of ether oxygens (including phenoxy) is 3. The number of carbonyl (C=O) groups excluding carboxylic acids is 1. The standard InChI is InChI=1S/C21H25NO6S/c1-3-8-27-19-13-21-20(28-9-10-29(21,24)25)12-15(19)17(23)6-4-14-5-7-18(26-2)16(22)11-14/h5,7,11-13H,3-4,6,8-10,22H2,1-2H3. The molecule has 0 saturated heterocycles. The van der Waals surface area contributed by atoms with Gasteiger partial charge >= 0.3 is 0 Å². The highest BCUT2D eigenvalue weighted by Gasteiger charge is 2.28. The van der Waals surface area contributed by atoms with Gasteiger partial charge in [-0.2, -0.15) is 0 Å². The Bertz CT molecular complexity index is 1020. The fourth-order valence-electron chi connectivity index (χ4n) is 3.15. The van der Waals surface area contributed by atoms with Crippen LogP contribution < -0.4 is 19.9 Å². The number of aryl methyl sites for hydroxylation is 1. The fraction of sp³-hybridized carbons (Fsp3) is 0.381. The molecule has 0 radical (unpaired) electrons. The van der Waals surface area contributed by atoms with Gasteiger partial charge in [0, 0.05) is 12.5 Å². The second kappa shape index (κ2) is 8.73. The molecule has 3 rings (SSSR count). The Morgan fingerprint density at radius 1 is 1.21 bits per heavy atom. The molecule has 0 aliphatic carbocycles. The Hall–Kier alpha value is -2.74. The molecular weight excluding hydrogens is 394 g/mol. The number of rotatable bonds is 8. The lowest BCUT2D eigenvalue weighted by molar-refractivity contribution is 0.0978. The number of nitrogens with two attached hydrogens (primary N) is 1. The van der Waals surface area contributed by atoms with Crippen molar-refractivity contribution in [3.63, 3.8) is 0 Å². The van der Waals surface area contributed by atoms with Crippen LogP contribution in [0.4, 0.5) is 5.69 Å². The maximum Gasteiger partial charge on any atom is 0.185 e. The van der Waals surface area contributed by atoms with Gasteiger partial charge in [-0.15, -0.1) is 0 Å². The van der Waals surface area contributed by atoms with Crippen LogP contribution in [0.5, 0.6) is 17.2 Å². The Balaban J connectivity index is 1.86. The van der Waals surface area contributed by atoms with Crippen LogP contribution in [-0.2, 0) is 16.3 Å². The normalized spacial score (nSPS) is 14.6. The highest BCUT2D eigenvalue weighted by Crippen LogP contribution is 2.36. The fourth-order valence-corrected chi connectivity index (χ4v) is 4.38. The minimum absolute atomic E-state index is 0.0727. The van der Waals surface area contributed by atoms with E-state index >= 15 is 0 Å². The Labute approximate surface area is 170 Å². The van der Waals surface area contributed by atoms with E-state index in [1.54, 1.807) is 19.2 Å². The van der Waals surface area contributed by atoms with Crippen molar-refractivity contribution in [2.75, 3.05) is 31.8 Å². The molecule has 2 aromatic rings. The van der Waals surface area contributed by atoms with E-state index in [9.17, 15) is 13.2 Å². The number of nitrogen functional groups attached to an aromatic ring is 1. The van der Waals surface area contributed by atoms with E-state index in [4.69, 9.17) is 19.9 Å². The molecule has 0 amide bonds. The minimum atomic E-state index is -3.44. The van der Waals surface area contributed by atoms with Gasteiger partial charge in [-0.25, -0.2) is 8.42 Å². The molecule has 0 aromatic heterocycles. The lowest BCUT2D eigenvalue weighted by Gasteiger charge is -2.20. The van der Waals surface area contributed by atoms with Crippen LogP contribution in [-0.4, -0.2) is 40.3 Å². The molecule has 1 heterocycles. The van der Waals surface area contributed by atoms with Crippen molar-refractivity contribution in [2.45, 2.75) is 31.1 Å². The molecule has 1 aliphatic rings. The van der Waals surface area contributed by atoms with Crippen molar-refractivity contribution >= 4 is 21.3 Å². The first-order valence-corrected chi connectivity index (χ1v) is 11.1. The van der Waals surface area contributed by atoms with Crippen molar-refractivity contribution in [3.05, 3.63) is 41.5 Å². The molecule has 1 aliphatic heterocycles. The van der Waals surface area contributed by atoms with E-state index in [2.05, 4.69) is 0 Å². The summed E-state index contributed by atoms with van der Waals surface area (Å²) in [6.07, 6.45) is 1.44. The second-order valence-electron chi connectivity index (χ2n) is 6.81. The van der Waals surface area contributed by atoms with Crippen LogP contribution in [0.3, 0.4) is 0 Å². The number of Topliss-reactive ketones (excluding diaryl/α,β-unsaturated/α-hetero) is 1. The van der Waals surface area contributed by atoms with E-state index in [0.29, 0.717) is 30.0 Å². The van der Waals surface area contributed by atoms with Gasteiger partial charge in [0.25, 0.3) is 0 Å². The van der Waals surface area contributed by atoms with Gasteiger partial charge in [-0.3, -0.25) is 4.79 Å². The predicted octanol–water partition coefficient (Wildman–Crippen LogP) is 3.05. The van der Waals surface area contributed by atoms with Crippen LogP contribution in [0.25, 0.3) is 0 Å². The van der Waals surface area contributed by atoms with Gasteiger partial charge in [-0.1, -0.05) is 13.0 Å². The number of ketones is 1. The number of benzene rings is 2. The average molecular weight is 419 g/mol. The summed E-state index contributed by atoms with van der Waals surface area (Å²) in [4.78, 5) is 13.0. The van der Waals surface area contributed by atoms with E-state index in [1.807, 2.05) is 13.0 Å². The number of carbonyl (C=O) groups is 1. The van der Waals surface area contributed by atoms with Gasteiger partial charge in [0.1, 0.15) is 28.8 Å². The monoisotopic (exact) mass is 419 g/mol. The molecule has 0 spiro atoms. The second-order valence-corrected chi connectivity index (χ2v) is 8.89. The van der Waals surface area contributed by atoms with E-state index in [-0.39, 0.29) is 41.0 Å². The summed E-state index contributed by atoms with van der Waals surface area (Å²) in [5.41, 5.74) is 7.67. The zero-order valence-electron chi connectivity index (χ0n) is 16.6. The quantitative estimate of drug-likeness (QED) is 0.518. The third-order valence-electron chi connectivity index (χ3n) is 4.69. The molecule has 2 aromatic carbocycles. The SMILES string of the molecule is CCCOc1cc2c(cc1C(=O)CCc1ccc(OC)c(N)c1)OCCS2(=O)=O. The maximum absolute atomic E-state index is 12.9. The summed E-state index contributed by atoms with van der Waals surface area (Å²) in [5, 5.41) is 0. The van der Waals surface area contributed by atoms with Crippen LogP contribution >= 0.6 is 0 Å². The molecule has 0 unspecified atom stereocenters. The van der Waals surface area contributed by atoms with Crippen molar-refractivity contribution < 1.29 is 27.4 Å². The number of fused-ring (bicyclic) bond motifs is 1. The van der Waals surface area contributed by atoms with E-state index in [1.165, 1.54) is 12.1 Å². The summed E-state index contributed by atoms with van der Waals surface area (Å²) in [5.74, 6) is 0.832. The van der Waals surface area contributed by atoms with Crippen LogP contribution in [0.15, 0.2) is 35.2 Å². The summed E-state index contributed by atoms with van der Waals surface area (Å²) < 4.78 is 41.0. The predicted molar refractivity (Wildman–Crippen MR) is 110 cm³/mol. The molecule has 0 saturated carbocycles. The van der Waals surface area contributed by atoms with Crippen molar-refractivity contribution in [2.24, 2.45) is 0 Å². The molecule has 0 atom stereocenters. The summed E-state index contributed by atoms with van der Waals surface area (Å²) in [6, 6.07) is 8.31. The van der Waals surface area contributed by atoms with Crippen LogP contribution in [0.1, 0.15) is 35.7 Å². The summed E-state index contributed by atoms with van der Waals surface area (Å²) in [7, 11) is -1.89. The molecule has 7 nitrogen and oxygen atoms in total. The molecule has 2 N–H and O–H groups in total. The minimum Gasteiger partial charge on any atom is -0.495 e. The first-order chi connectivity index (χ1) is 13.9. The van der Waals surface area contributed by atoms with Gasteiger partial charge in [0.15, 0.2) is 15.6 Å². The number of hydrogen-bond acceptors (Lipinski definition) is 7. The molecule has 0 fully saturated rings. The van der Waals surface area contributed by atoms with Crippen LogP contribution in [0, 0.1) is 0 Å². The summed E-state index contributed by atoms with van der Waals surface area (Å²) in [6.45, 7) is 2.39. The van der Waals surface area contributed by atoms with Gasteiger partial charge < -0.3 is 19.9 Å².